The number of rotatable bonds is 2. The number of nitrogens with two attached hydrogens (primary N) is 1. The van der Waals surface area contributed by atoms with Crippen LogP contribution in [-0.2, 0) is 5.88 Å². The molecule has 2 aromatic carbocycles. The van der Waals surface area contributed by atoms with Crippen LogP contribution >= 0.6 is 23.2 Å². The van der Waals surface area contributed by atoms with Gasteiger partial charge in [0.05, 0.1) is 16.9 Å². The summed E-state index contributed by atoms with van der Waals surface area (Å²) in [5.41, 5.74) is 6.85. The summed E-state index contributed by atoms with van der Waals surface area (Å²) in [6, 6.07) is 11.6. The standard InChI is InChI=1S/C20H12Cl2N2O4/c21-7-9-5-15(26)28-19-16(9)13(25)6-14-18(19)17(11(8-23)20(24)27-14)10-3-1-2-4-12(10)22/h1-6,17,25H,7,24H2. The van der Waals surface area contributed by atoms with Crippen molar-refractivity contribution in [3.05, 3.63) is 80.0 Å². The third kappa shape index (κ3) is 2.68. The number of benzene rings is 2. The number of allylic oxidation sites excluding steroid dienone is 1. The number of nitriles is 1. The number of halogens is 2. The number of fused-ring (bicyclic) bond motifs is 3. The van der Waals surface area contributed by atoms with Gasteiger partial charge >= 0.3 is 5.63 Å². The molecule has 8 heteroatoms. The highest BCUT2D eigenvalue weighted by Gasteiger charge is 2.36. The van der Waals surface area contributed by atoms with Gasteiger partial charge in [-0.3, -0.25) is 0 Å². The van der Waals surface area contributed by atoms with Gasteiger partial charge in [0.15, 0.2) is 0 Å². The number of alkyl halides is 1. The molecule has 3 aromatic rings. The van der Waals surface area contributed by atoms with Gasteiger partial charge in [0.2, 0.25) is 5.88 Å². The van der Waals surface area contributed by atoms with Gasteiger partial charge < -0.3 is 20.0 Å². The fraction of sp³-hybridized carbons (Fsp3) is 0.100. The van der Waals surface area contributed by atoms with E-state index in [4.69, 9.17) is 38.1 Å². The maximum Gasteiger partial charge on any atom is 0.336 e. The van der Waals surface area contributed by atoms with Crippen molar-refractivity contribution >= 4 is 34.2 Å². The molecule has 1 aromatic heterocycles. The number of phenols is 1. The summed E-state index contributed by atoms with van der Waals surface area (Å²) in [7, 11) is 0. The van der Waals surface area contributed by atoms with Crippen LogP contribution in [0.5, 0.6) is 11.5 Å². The molecule has 0 fully saturated rings. The van der Waals surface area contributed by atoms with E-state index in [-0.39, 0.29) is 39.8 Å². The topological polar surface area (TPSA) is 109 Å². The van der Waals surface area contributed by atoms with Crippen LogP contribution in [0.4, 0.5) is 0 Å². The number of nitrogens with zero attached hydrogens (tertiary/aromatic N) is 1. The molecule has 1 aliphatic heterocycles. The van der Waals surface area contributed by atoms with E-state index in [9.17, 15) is 15.2 Å². The van der Waals surface area contributed by atoms with Crippen LogP contribution in [0.2, 0.25) is 5.02 Å². The Kier molecular flexibility index (Phi) is 4.42. The van der Waals surface area contributed by atoms with Crippen LogP contribution in [0.1, 0.15) is 22.6 Å². The van der Waals surface area contributed by atoms with Gasteiger partial charge in [0, 0.05) is 23.0 Å². The number of aromatic hydroxyl groups is 1. The lowest BCUT2D eigenvalue weighted by Gasteiger charge is -2.28. The molecular formula is C20H12Cl2N2O4. The Bertz CT molecular complexity index is 1260. The maximum absolute atomic E-state index is 12.1. The molecule has 1 unspecified atom stereocenters. The SMILES string of the molecule is N#CC1=C(N)Oc2cc(O)c3c(CCl)cc(=O)oc3c2C1c1ccccc1Cl. The van der Waals surface area contributed by atoms with E-state index in [1.165, 1.54) is 12.1 Å². The second-order valence-electron chi connectivity index (χ2n) is 6.18. The molecule has 0 amide bonds. The third-order valence-corrected chi connectivity index (χ3v) is 5.25. The second-order valence-corrected chi connectivity index (χ2v) is 6.86. The molecule has 0 radical (unpaired) electrons. The first-order chi connectivity index (χ1) is 13.5. The Morgan fingerprint density at radius 1 is 1.29 bits per heavy atom. The van der Waals surface area contributed by atoms with E-state index >= 15 is 0 Å². The Labute approximate surface area is 169 Å². The van der Waals surface area contributed by atoms with E-state index in [1.807, 2.05) is 0 Å². The van der Waals surface area contributed by atoms with Crippen molar-refractivity contribution in [2.75, 3.05) is 0 Å². The molecule has 6 nitrogen and oxygen atoms in total. The van der Waals surface area contributed by atoms with Crippen LogP contribution in [0.15, 0.2) is 57.1 Å². The minimum absolute atomic E-state index is 0.0187. The molecule has 0 bridgehead atoms. The van der Waals surface area contributed by atoms with E-state index in [1.54, 1.807) is 24.3 Å². The number of hydrogen-bond donors (Lipinski definition) is 2. The van der Waals surface area contributed by atoms with Gasteiger partial charge in [-0.05, 0) is 17.2 Å². The van der Waals surface area contributed by atoms with Gasteiger partial charge in [-0.25, -0.2) is 4.79 Å². The molecule has 0 saturated heterocycles. The normalized spacial score (nSPS) is 15.8. The first kappa shape index (κ1) is 18.2. The van der Waals surface area contributed by atoms with Gasteiger partial charge in [0.25, 0.3) is 0 Å². The van der Waals surface area contributed by atoms with Crippen LogP contribution in [0, 0.1) is 11.3 Å². The van der Waals surface area contributed by atoms with Gasteiger partial charge in [-0.1, -0.05) is 29.8 Å². The highest BCUT2D eigenvalue weighted by molar-refractivity contribution is 6.31. The van der Waals surface area contributed by atoms with Crippen molar-refractivity contribution in [3.63, 3.8) is 0 Å². The predicted octanol–water partition coefficient (Wildman–Crippen LogP) is 4.11. The molecule has 4 rings (SSSR count). The van der Waals surface area contributed by atoms with E-state index in [0.717, 1.165) is 0 Å². The van der Waals surface area contributed by atoms with Crippen molar-refractivity contribution in [1.82, 2.24) is 0 Å². The zero-order valence-electron chi connectivity index (χ0n) is 14.2. The molecule has 1 aliphatic rings. The Morgan fingerprint density at radius 3 is 2.71 bits per heavy atom. The van der Waals surface area contributed by atoms with E-state index < -0.39 is 11.5 Å². The Morgan fingerprint density at radius 2 is 2.04 bits per heavy atom. The second kappa shape index (κ2) is 6.79. The first-order valence-electron chi connectivity index (χ1n) is 8.16. The fourth-order valence-corrected chi connectivity index (χ4v) is 3.92. The average molecular weight is 415 g/mol. The van der Waals surface area contributed by atoms with Crippen molar-refractivity contribution in [3.8, 4) is 17.6 Å². The largest absolute Gasteiger partial charge is 0.507 e. The molecule has 0 saturated carbocycles. The molecule has 1 atom stereocenters. The van der Waals surface area contributed by atoms with Crippen LogP contribution in [-0.4, -0.2) is 5.11 Å². The summed E-state index contributed by atoms with van der Waals surface area (Å²) in [5.74, 6) is -0.899. The molecule has 140 valence electrons. The van der Waals surface area contributed by atoms with Crippen LogP contribution in [0.25, 0.3) is 11.0 Å². The van der Waals surface area contributed by atoms with Crippen molar-refractivity contribution in [2.45, 2.75) is 11.8 Å². The highest BCUT2D eigenvalue weighted by atomic mass is 35.5. The third-order valence-electron chi connectivity index (χ3n) is 4.62. The maximum atomic E-state index is 12.1. The molecule has 28 heavy (non-hydrogen) atoms. The van der Waals surface area contributed by atoms with E-state index in [0.29, 0.717) is 21.7 Å². The molecule has 0 spiro atoms. The highest BCUT2D eigenvalue weighted by Crippen LogP contribution is 2.49. The summed E-state index contributed by atoms with van der Waals surface area (Å²) in [4.78, 5) is 12.1. The zero-order chi connectivity index (χ0) is 20.0. The van der Waals surface area contributed by atoms with E-state index in [2.05, 4.69) is 6.07 Å². The lowest BCUT2D eigenvalue weighted by Crippen LogP contribution is -2.22. The smallest absolute Gasteiger partial charge is 0.336 e. The summed E-state index contributed by atoms with van der Waals surface area (Å²) >= 11 is 12.4. The minimum atomic E-state index is -0.751. The minimum Gasteiger partial charge on any atom is -0.507 e. The van der Waals surface area contributed by atoms with Gasteiger partial charge in [0.1, 0.15) is 28.7 Å². The lowest BCUT2D eigenvalue weighted by atomic mass is 9.82. The number of hydrogen-bond acceptors (Lipinski definition) is 6. The quantitative estimate of drug-likeness (QED) is 0.482. The van der Waals surface area contributed by atoms with Gasteiger partial charge in [-0.2, -0.15) is 5.26 Å². The monoisotopic (exact) mass is 414 g/mol. The first-order valence-corrected chi connectivity index (χ1v) is 9.08. The zero-order valence-corrected chi connectivity index (χ0v) is 15.7. The Balaban J connectivity index is 2.18. The van der Waals surface area contributed by atoms with Gasteiger partial charge in [-0.15, -0.1) is 11.6 Å². The number of ether oxygens (including phenoxy) is 1. The predicted molar refractivity (Wildman–Crippen MR) is 104 cm³/mol. The molecular weight excluding hydrogens is 403 g/mol. The molecule has 0 aliphatic carbocycles. The number of phenolic OH excluding ortho intramolecular Hbond substituents is 1. The summed E-state index contributed by atoms with van der Waals surface area (Å²) in [6.45, 7) is 0. The molecule has 3 N–H and O–H groups in total. The van der Waals surface area contributed by atoms with Crippen LogP contribution < -0.4 is 16.1 Å². The van der Waals surface area contributed by atoms with Crippen molar-refractivity contribution < 1.29 is 14.3 Å². The Hall–Kier alpha value is -3.14. The van der Waals surface area contributed by atoms with Crippen molar-refractivity contribution in [1.29, 1.82) is 5.26 Å². The summed E-state index contributed by atoms with van der Waals surface area (Å²) in [5, 5.41) is 20.9. The lowest BCUT2D eigenvalue weighted by molar-refractivity contribution is 0.387. The van der Waals surface area contributed by atoms with Crippen molar-refractivity contribution in [2.24, 2.45) is 5.73 Å². The summed E-state index contributed by atoms with van der Waals surface area (Å²) in [6.07, 6.45) is 0. The van der Waals surface area contributed by atoms with Crippen LogP contribution in [0.3, 0.4) is 0 Å². The average Bonchev–Trinajstić information content (AvgIpc) is 2.66. The summed E-state index contributed by atoms with van der Waals surface area (Å²) < 4.78 is 11.0. The fourth-order valence-electron chi connectivity index (χ4n) is 3.46. The molecule has 2 heterocycles.